The summed E-state index contributed by atoms with van der Waals surface area (Å²) in [6.45, 7) is 2.82. The van der Waals surface area contributed by atoms with E-state index in [1.54, 1.807) is 48.5 Å². The standard InChI is InChI=1S/C13H17N3O4S.C13H15N3O4S/c2*1-9(17)14-10-2-4-11(5-3-10)15-13(18)16-12-6-7-21(19,20)8-12/h2-5,12H,6-8H2,1H3,(H,14,17)(H2,15,16,18);2-7,12H,8H2,1H3,(H,14,17)(H2,15,16,18). The summed E-state index contributed by atoms with van der Waals surface area (Å²) >= 11 is 0. The van der Waals surface area contributed by atoms with Crippen LogP contribution in [0.25, 0.3) is 0 Å². The minimum Gasteiger partial charge on any atom is -0.334 e. The first-order chi connectivity index (χ1) is 19.7. The molecule has 4 rings (SSSR count). The number of benzene rings is 2. The topological polar surface area (TPSA) is 209 Å². The lowest BCUT2D eigenvalue weighted by Crippen LogP contribution is -2.38. The van der Waals surface area contributed by atoms with Gasteiger partial charge in [0, 0.05) is 48.0 Å². The summed E-state index contributed by atoms with van der Waals surface area (Å²) in [6, 6.07) is 11.4. The number of hydrogen-bond acceptors (Lipinski definition) is 8. The summed E-state index contributed by atoms with van der Waals surface area (Å²) in [4.78, 5) is 45.2. The quantitative estimate of drug-likeness (QED) is 0.281. The summed E-state index contributed by atoms with van der Waals surface area (Å²) in [7, 11) is -6.21. The van der Waals surface area contributed by atoms with E-state index < -0.39 is 37.8 Å². The Kier molecular flexibility index (Phi) is 10.7. The molecule has 1 saturated heterocycles. The Morgan fingerprint density at radius 1 is 0.643 bits per heavy atom. The monoisotopic (exact) mass is 620 g/mol. The molecule has 0 aromatic heterocycles. The second-order valence-electron chi connectivity index (χ2n) is 9.58. The number of amides is 6. The predicted octanol–water partition coefficient (Wildman–Crippen LogP) is 2.03. The van der Waals surface area contributed by atoms with Crippen molar-refractivity contribution >= 4 is 66.3 Å². The van der Waals surface area contributed by atoms with Crippen LogP contribution >= 0.6 is 0 Å². The van der Waals surface area contributed by atoms with Gasteiger partial charge in [-0.25, -0.2) is 26.4 Å². The lowest BCUT2D eigenvalue weighted by molar-refractivity contribution is -0.115. The Labute approximate surface area is 243 Å². The van der Waals surface area contributed by atoms with E-state index in [1.165, 1.54) is 19.9 Å². The average molecular weight is 621 g/mol. The molecule has 0 aliphatic carbocycles. The Morgan fingerprint density at radius 2 is 1.07 bits per heavy atom. The van der Waals surface area contributed by atoms with Gasteiger partial charge in [0.25, 0.3) is 0 Å². The second kappa shape index (κ2) is 14.0. The molecule has 2 aliphatic heterocycles. The fourth-order valence-electron chi connectivity index (χ4n) is 3.94. The molecule has 0 bridgehead atoms. The second-order valence-corrected chi connectivity index (χ2v) is 13.7. The molecule has 14 nitrogen and oxygen atoms in total. The lowest BCUT2D eigenvalue weighted by Gasteiger charge is -2.12. The maximum absolute atomic E-state index is 11.8. The first kappa shape index (κ1) is 32.1. The average Bonchev–Trinajstić information content (AvgIpc) is 3.40. The normalized spacial score (nSPS) is 19.4. The number of carbonyl (C=O) groups excluding carboxylic acids is 4. The third kappa shape index (κ3) is 11.2. The van der Waals surface area contributed by atoms with Crippen molar-refractivity contribution in [2.75, 3.05) is 38.5 Å². The molecular formula is C26H32N6O8S2. The van der Waals surface area contributed by atoms with Gasteiger partial charge in [0.15, 0.2) is 19.7 Å². The van der Waals surface area contributed by atoms with Gasteiger partial charge in [-0.2, -0.15) is 0 Å². The molecule has 2 unspecified atom stereocenters. The van der Waals surface area contributed by atoms with Crippen LogP contribution < -0.4 is 31.9 Å². The number of rotatable bonds is 6. The minimum absolute atomic E-state index is 0.0120. The van der Waals surface area contributed by atoms with Crippen LogP contribution in [0.1, 0.15) is 20.3 Å². The first-order valence-electron chi connectivity index (χ1n) is 12.7. The molecule has 0 spiro atoms. The summed E-state index contributed by atoms with van der Waals surface area (Å²) in [5.41, 5.74) is 2.35. The van der Waals surface area contributed by atoms with Crippen molar-refractivity contribution in [3.05, 3.63) is 60.0 Å². The van der Waals surface area contributed by atoms with Gasteiger partial charge in [-0.1, -0.05) is 0 Å². The molecule has 226 valence electrons. The third-order valence-corrected chi connectivity index (χ3v) is 8.90. The Hall–Kier alpha value is -4.44. The summed E-state index contributed by atoms with van der Waals surface area (Å²) in [6.07, 6.45) is 1.88. The van der Waals surface area contributed by atoms with E-state index in [0.717, 1.165) is 5.41 Å². The van der Waals surface area contributed by atoms with Gasteiger partial charge in [0.2, 0.25) is 11.8 Å². The molecule has 42 heavy (non-hydrogen) atoms. The van der Waals surface area contributed by atoms with Crippen LogP contribution in [0.5, 0.6) is 0 Å². The molecular weight excluding hydrogens is 588 g/mol. The molecule has 2 aliphatic rings. The van der Waals surface area contributed by atoms with Crippen molar-refractivity contribution < 1.29 is 36.0 Å². The molecule has 1 fully saturated rings. The minimum atomic E-state index is -3.19. The number of urea groups is 2. The van der Waals surface area contributed by atoms with E-state index in [4.69, 9.17) is 0 Å². The highest BCUT2D eigenvalue weighted by molar-refractivity contribution is 7.94. The van der Waals surface area contributed by atoms with Crippen molar-refractivity contribution in [2.45, 2.75) is 32.4 Å². The zero-order valence-corrected chi connectivity index (χ0v) is 24.5. The van der Waals surface area contributed by atoms with Crippen LogP contribution in [0.2, 0.25) is 0 Å². The van der Waals surface area contributed by atoms with E-state index >= 15 is 0 Å². The van der Waals surface area contributed by atoms with Crippen LogP contribution in [0.3, 0.4) is 0 Å². The Bertz CT molecular complexity index is 1560. The van der Waals surface area contributed by atoms with Crippen LogP contribution in [0.4, 0.5) is 32.3 Å². The molecule has 2 atom stereocenters. The molecule has 6 N–H and O–H groups in total. The van der Waals surface area contributed by atoms with Crippen LogP contribution in [-0.2, 0) is 29.3 Å². The van der Waals surface area contributed by atoms with Crippen molar-refractivity contribution in [2.24, 2.45) is 0 Å². The lowest BCUT2D eigenvalue weighted by atomic mass is 10.2. The van der Waals surface area contributed by atoms with Crippen LogP contribution in [0, 0.1) is 0 Å². The molecule has 2 heterocycles. The highest BCUT2D eigenvalue weighted by atomic mass is 32.2. The van der Waals surface area contributed by atoms with Gasteiger partial charge in [-0.05, 0) is 61.0 Å². The summed E-state index contributed by atoms with van der Waals surface area (Å²) in [5, 5.41) is 16.7. The molecule has 2 aromatic carbocycles. The van der Waals surface area contributed by atoms with E-state index in [-0.39, 0.29) is 35.1 Å². The van der Waals surface area contributed by atoms with Gasteiger partial charge in [0.05, 0.1) is 23.3 Å². The number of sulfone groups is 2. The number of hydrogen-bond donors (Lipinski definition) is 6. The molecule has 6 amide bonds. The van der Waals surface area contributed by atoms with Crippen molar-refractivity contribution in [3.63, 3.8) is 0 Å². The van der Waals surface area contributed by atoms with Gasteiger partial charge in [-0.15, -0.1) is 0 Å². The van der Waals surface area contributed by atoms with E-state index in [2.05, 4.69) is 31.9 Å². The largest absolute Gasteiger partial charge is 0.334 e. The zero-order chi connectivity index (χ0) is 30.9. The predicted molar refractivity (Wildman–Crippen MR) is 160 cm³/mol. The Morgan fingerprint density at radius 3 is 1.43 bits per heavy atom. The molecule has 16 heteroatoms. The highest BCUT2D eigenvalue weighted by Crippen LogP contribution is 2.16. The third-order valence-electron chi connectivity index (χ3n) is 5.74. The maximum atomic E-state index is 11.8. The SMILES string of the molecule is CC(=O)Nc1ccc(NC(=O)NC2C=CS(=O)(=O)C2)cc1.CC(=O)Nc1ccc(NC(=O)NC2CCS(=O)(=O)C2)cc1. The number of anilines is 4. The molecule has 0 saturated carbocycles. The highest BCUT2D eigenvalue weighted by Gasteiger charge is 2.29. The van der Waals surface area contributed by atoms with Gasteiger partial charge in [-0.3, -0.25) is 9.59 Å². The van der Waals surface area contributed by atoms with Gasteiger partial charge < -0.3 is 31.9 Å². The van der Waals surface area contributed by atoms with Crippen molar-refractivity contribution in [1.82, 2.24) is 10.6 Å². The summed E-state index contributed by atoms with van der Waals surface area (Å²) < 4.78 is 45.0. The number of nitrogens with one attached hydrogen (secondary N) is 6. The zero-order valence-electron chi connectivity index (χ0n) is 22.8. The molecule has 2 aromatic rings. The summed E-state index contributed by atoms with van der Waals surface area (Å²) in [5.74, 6) is -0.369. The fourth-order valence-corrected chi connectivity index (χ4v) is 6.85. The van der Waals surface area contributed by atoms with Crippen molar-refractivity contribution in [3.8, 4) is 0 Å². The fraction of sp³-hybridized carbons (Fsp3) is 0.308. The van der Waals surface area contributed by atoms with E-state index in [1.807, 2.05) is 0 Å². The van der Waals surface area contributed by atoms with Gasteiger partial charge >= 0.3 is 12.1 Å². The number of carbonyl (C=O) groups is 4. The smallest absolute Gasteiger partial charge is 0.319 e. The van der Waals surface area contributed by atoms with E-state index in [9.17, 15) is 36.0 Å². The van der Waals surface area contributed by atoms with Gasteiger partial charge in [0.1, 0.15) is 0 Å². The Balaban J connectivity index is 0.000000230. The maximum Gasteiger partial charge on any atom is 0.319 e. The van der Waals surface area contributed by atoms with Crippen LogP contribution in [0.15, 0.2) is 60.0 Å². The van der Waals surface area contributed by atoms with Crippen LogP contribution in [-0.4, -0.2) is 70.1 Å². The molecule has 0 radical (unpaired) electrons. The van der Waals surface area contributed by atoms with Crippen molar-refractivity contribution in [1.29, 1.82) is 0 Å². The first-order valence-corrected chi connectivity index (χ1v) is 16.2. The van der Waals surface area contributed by atoms with E-state index in [0.29, 0.717) is 29.2 Å².